The number of thioether (sulfide) groups is 1. The van der Waals surface area contributed by atoms with Gasteiger partial charge >= 0.3 is 0 Å². The molecule has 2 rings (SSSR count). The van der Waals surface area contributed by atoms with E-state index in [0.29, 0.717) is 11.3 Å². The zero-order valence-corrected chi connectivity index (χ0v) is 11.8. The minimum absolute atomic E-state index is 0.0676. The summed E-state index contributed by atoms with van der Waals surface area (Å²) in [5.74, 6) is 2.62. The molecule has 2 atom stereocenters. The Bertz CT molecular complexity index is 446. The Kier molecular flexibility index (Phi) is 4.69. The van der Waals surface area contributed by atoms with Crippen LogP contribution in [0.15, 0.2) is 10.9 Å². The number of hydrogen-bond donors (Lipinski definition) is 2. The lowest BCUT2D eigenvalue weighted by Gasteiger charge is -2.20. The summed E-state index contributed by atoms with van der Waals surface area (Å²) < 4.78 is 0. The summed E-state index contributed by atoms with van der Waals surface area (Å²) in [5, 5.41) is 4.09. The highest BCUT2D eigenvalue weighted by Gasteiger charge is 2.27. The zero-order chi connectivity index (χ0) is 13.0. The minimum Gasteiger partial charge on any atom is -0.366 e. The number of nitrogens with zero attached hydrogens (tertiary/aromatic N) is 1. The average molecular weight is 267 g/mol. The second-order valence-electron chi connectivity index (χ2n) is 4.61. The Balaban J connectivity index is 2.08. The maximum atomic E-state index is 11.5. The van der Waals surface area contributed by atoms with E-state index in [4.69, 9.17) is 0 Å². The number of nitrogens with one attached hydrogen (secondary N) is 2. The first kappa shape index (κ1) is 13.5. The molecule has 0 aromatic carbocycles. The van der Waals surface area contributed by atoms with E-state index >= 15 is 0 Å². The first-order chi connectivity index (χ1) is 8.72. The highest BCUT2D eigenvalue weighted by Crippen LogP contribution is 2.31. The molecule has 18 heavy (non-hydrogen) atoms. The zero-order valence-electron chi connectivity index (χ0n) is 11.0. The van der Waals surface area contributed by atoms with E-state index in [2.05, 4.69) is 22.2 Å². The van der Waals surface area contributed by atoms with E-state index < -0.39 is 0 Å². The minimum atomic E-state index is -0.0676. The molecule has 4 nitrogen and oxygen atoms in total. The van der Waals surface area contributed by atoms with Crippen LogP contribution in [0.2, 0.25) is 0 Å². The van der Waals surface area contributed by atoms with Crippen LogP contribution in [0, 0.1) is 0 Å². The first-order valence-electron chi connectivity index (χ1n) is 6.71. The second kappa shape index (κ2) is 6.27. The molecule has 5 heteroatoms. The molecule has 1 fully saturated rings. The van der Waals surface area contributed by atoms with Gasteiger partial charge in [-0.25, -0.2) is 4.98 Å². The monoisotopic (exact) mass is 267 g/mol. The molecule has 0 aliphatic heterocycles. The Morgan fingerprint density at radius 3 is 3.06 bits per heavy atom. The molecule has 1 saturated carbocycles. The van der Waals surface area contributed by atoms with Crippen LogP contribution >= 0.6 is 11.8 Å². The van der Waals surface area contributed by atoms with Crippen LogP contribution in [-0.2, 0) is 6.42 Å². The number of aromatic nitrogens is 2. The van der Waals surface area contributed by atoms with E-state index in [9.17, 15) is 4.79 Å². The average Bonchev–Trinajstić information content (AvgIpc) is 2.76. The van der Waals surface area contributed by atoms with E-state index in [-0.39, 0.29) is 5.56 Å². The molecule has 0 radical (unpaired) electrons. The number of rotatable bonds is 5. The van der Waals surface area contributed by atoms with Crippen molar-refractivity contribution in [2.45, 2.75) is 50.8 Å². The summed E-state index contributed by atoms with van der Waals surface area (Å²) in [6, 6.07) is 2.01. The summed E-state index contributed by atoms with van der Waals surface area (Å²) in [4.78, 5) is 18.7. The lowest BCUT2D eigenvalue weighted by atomic mass is 10.2. The van der Waals surface area contributed by atoms with Gasteiger partial charge < -0.3 is 10.3 Å². The molecule has 0 spiro atoms. The van der Waals surface area contributed by atoms with Crippen LogP contribution in [0.5, 0.6) is 0 Å². The van der Waals surface area contributed by atoms with Crippen LogP contribution in [0.1, 0.15) is 38.9 Å². The van der Waals surface area contributed by atoms with E-state index in [1.165, 1.54) is 19.3 Å². The third-order valence-electron chi connectivity index (χ3n) is 3.29. The molecule has 1 aromatic heterocycles. The van der Waals surface area contributed by atoms with Gasteiger partial charge in [-0.3, -0.25) is 4.79 Å². The fraction of sp³-hybridized carbons (Fsp3) is 0.692. The molecule has 1 heterocycles. The fourth-order valence-corrected chi connectivity index (χ4v) is 3.64. The summed E-state index contributed by atoms with van der Waals surface area (Å²) >= 11 is 2.00. The lowest BCUT2D eigenvalue weighted by molar-refractivity contribution is 0.757. The molecule has 1 aliphatic carbocycles. The number of hydrogen-bond acceptors (Lipinski definition) is 4. The SMILES string of the molecule is CCSC1CCCC1Nc1cc(=O)[nH]c(CC)n1. The summed E-state index contributed by atoms with van der Waals surface area (Å²) in [6.45, 7) is 4.19. The molecular weight excluding hydrogens is 246 g/mol. The lowest BCUT2D eigenvalue weighted by Crippen LogP contribution is -2.28. The number of aromatic amines is 1. The van der Waals surface area contributed by atoms with Gasteiger partial charge in [0, 0.05) is 23.8 Å². The van der Waals surface area contributed by atoms with Gasteiger partial charge in [0.15, 0.2) is 0 Å². The van der Waals surface area contributed by atoms with Crippen molar-refractivity contribution in [1.29, 1.82) is 0 Å². The van der Waals surface area contributed by atoms with Crippen molar-refractivity contribution in [1.82, 2.24) is 9.97 Å². The maximum absolute atomic E-state index is 11.5. The van der Waals surface area contributed by atoms with Gasteiger partial charge in [0.05, 0.1) is 0 Å². The standard InChI is InChI=1S/C13H21N3OS/c1-3-11-15-12(8-13(17)16-11)14-9-6-5-7-10(9)18-4-2/h8-10H,3-7H2,1-2H3,(H2,14,15,16,17). The molecule has 0 amide bonds. The molecule has 0 saturated heterocycles. The van der Waals surface area contributed by atoms with Crippen molar-refractivity contribution in [3.63, 3.8) is 0 Å². The van der Waals surface area contributed by atoms with Crippen LogP contribution in [0.4, 0.5) is 5.82 Å². The fourth-order valence-electron chi connectivity index (χ4n) is 2.44. The van der Waals surface area contributed by atoms with Gasteiger partial charge in [-0.1, -0.05) is 20.3 Å². The molecule has 0 bridgehead atoms. The van der Waals surface area contributed by atoms with Crippen molar-refractivity contribution in [3.05, 3.63) is 22.2 Å². The third-order valence-corrected chi connectivity index (χ3v) is 4.62. The Labute approximate surface area is 112 Å². The summed E-state index contributed by atoms with van der Waals surface area (Å²) in [7, 11) is 0. The predicted octanol–water partition coefficient (Wildman–Crippen LogP) is 2.42. The molecular formula is C13H21N3OS. The second-order valence-corrected chi connectivity index (χ2v) is 6.12. The molecule has 100 valence electrons. The maximum Gasteiger partial charge on any atom is 0.252 e. The van der Waals surface area contributed by atoms with Gasteiger partial charge in [-0.2, -0.15) is 11.8 Å². The van der Waals surface area contributed by atoms with Gasteiger partial charge in [0.25, 0.3) is 5.56 Å². The van der Waals surface area contributed by atoms with Crippen LogP contribution in [0.3, 0.4) is 0 Å². The van der Waals surface area contributed by atoms with Crippen molar-refractivity contribution in [2.75, 3.05) is 11.1 Å². The van der Waals surface area contributed by atoms with Gasteiger partial charge in [-0.15, -0.1) is 0 Å². The molecule has 1 aromatic rings. The number of H-pyrrole nitrogens is 1. The van der Waals surface area contributed by atoms with Crippen LogP contribution in [-0.4, -0.2) is 27.0 Å². The van der Waals surface area contributed by atoms with Crippen LogP contribution < -0.4 is 10.9 Å². The number of anilines is 1. The summed E-state index contributed by atoms with van der Waals surface area (Å²) in [6.07, 6.45) is 4.45. The predicted molar refractivity (Wildman–Crippen MR) is 77.4 cm³/mol. The van der Waals surface area contributed by atoms with Crippen molar-refractivity contribution >= 4 is 17.6 Å². The largest absolute Gasteiger partial charge is 0.366 e. The normalized spacial score (nSPS) is 23.2. The van der Waals surface area contributed by atoms with E-state index in [1.807, 2.05) is 18.7 Å². The van der Waals surface area contributed by atoms with E-state index in [1.54, 1.807) is 6.07 Å². The van der Waals surface area contributed by atoms with Gasteiger partial charge in [0.2, 0.25) is 0 Å². The Morgan fingerprint density at radius 1 is 1.50 bits per heavy atom. The molecule has 2 N–H and O–H groups in total. The van der Waals surface area contributed by atoms with E-state index in [0.717, 1.165) is 23.8 Å². The first-order valence-corrected chi connectivity index (χ1v) is 7.76. The number of aryl methyl sites for hydroxylation is 1. The quantitative estimate of drug-likeness (QED) is 0.860. The van der Waals surface area contributed by atoms with Crippen LogP contribution in [0.25, 0.3) is 0 Å². The van der Waals surface area contributed by atoms with Crippen molar-refractivity contribution < 1.29 is 0 Å². The molecule has 1 aliphatic rings. The third kappa shape index (κ3) is 3.28. The highest BCUT2D eigenvalue weighted by atomic mass is 32.2. The van der Waals surface area contributed by atoms with Crippen molar-refractivity contribution in [2.24, 2.45) is 0 Å². The van der Waals surface area contributed by atoms with Gasteiger partial charge in [0.1, 0.15) is 11.6 Å². The Hall–Kier alpha value is -0.970. The van der Waals surface area contributed by atoms with Crippen molar-refractivity contribution in [3.8, 4) is 0 Å². The van der Waals surface area contributed by atoms with Gasteiger partial charge in [-0.05, 0) is 18.6 Å². The topological polar surface area (TPSA) is 57.8 Å². The smallest absolute Gasteiger partial charge is 0.252 e. The highest BCUT2D eigenvalue weighted by molar-refractivity contribution is 7.99. The Morgan fingerprint density at radius 2 is 2.33 bits per heavy atom. The summed E-state index contributed by atoms with van der Waals surface area (Å²) in [5.41, 5.74) is -0.0676. The molecule has 2 unspecified atom stereocenters.